The van der Waals surface area contributed by atoms with E-state index in [0.29, 0.717) is 17.5 Å². The Morgan fingerprint density at radius 3 is 2.69 bits per heavy atom. The minimum atomic E-state index is -0.359. The highest BCUT2D eigenvalue weighted by Crippen LogP contribution is 2.36. The molecule has 29 heavy (non-hydrogen) atoms. The van der Waals surface area contributed by atoms with Crippen molar-refractivity contribution in [2.75, 3.05) is 0 Å². The van der Waals surface area contributed by atoms with Gasteiger partial charge in [-0.3, -0.25) is 4.90 Å². The van der Waals surface area contributed by atoms with Crippen molar-refractivity contribution in [3.05, 3.63) is 58.1 Å². The summed E-state index contributed by atoms with van der Waals surface area (Å²) in [5.74, 6) is 0.574. The maximum absolute atomic E-state index is 12.8. The molecule has 1 amide bonds. The van der Waals surface area contributed by atoms with E-state index < -0.39 is 0 Å². The largest absolute Gasteiger partial charge is 0.445 e. The highest BCUT2D eigenvalue weighted by Gasteiger charge is 2.30. The number of hydrogen-bond donors (Lipinski definition) is 0. The quantitative estimate of drug-likeness (QED) is 0.577. The second kappa shape index (κ2) is 9.12. The Hall–Kier alpha value is -2.14. The molecular weight excluding hydrogens is 386 g/mol. The van der Waals surface area contributed by atoms with Gasteiger partial charge < -0.3 is 4.74 Å². The zero-order chi connectivity index (χ0) is 21.0. The van der Waals surface area contributed by atoms with E-state index in [1.54, 1.807) is 4.90 Å². The number of carbonyl (C=O) groups is 1. The third-order valence-electron chi connectivity index (χ3n) is 5.66. The second-order valence-corrected chi connectivity index (χ2v) is 8.98. The summed E-state index contributed by atoms with van der Waals surface area (Å²) in [4.78, 5) is 23.7. The third kappa shape index (κ3) is 5.47. The van der Waals surface area contributed by atoms with Gasteiger partial charge in [0.2, 0.25) is 0 Å². The first kappa shape index (κ1) is 21.6. The predicted molar refractivity (Wildman–Crippen MR) is 115 cm³/mol. The summed E-state index contributed by atoms with van der Waals surface area (Å²) >= 11 is 6.51. The summed E-state index contributed by atoms with van der Waals surface area (Å²) in [6.45, 7) is 9.07. The van der Waals surface area contributed by atoms with Crippen molar-refractivity contribution in [1.82, 2.24) is 14.9 Å². The summed E-state index contributed by atoms with van der Waals surface area (Å²) in [6.07, 6.45) is 3.30. The SMILES string of the molecule is CCC(C)N(Cc1nc(Cl)c2c(n1)CCC(C)(C)C2)C(=O)OCc1ccccc1. The van der Waals surface area contributed by atoms with E-state index >= 15 is 0 Å². The number of ether oxygens (including phenoxy) is 1. The molecule has 1 atom stereocenters. The molecule has 0 fully saturated rings. The second-order valence-electron chi connectivity index (χ2n) is 8.62. The summed E-state index contributed by atoms with van der Waals surface area (Å²) < 4.78 is 5.55. The van der Waals surface area contributed by atoms with Crippen LogP contribution in [0, 0.1) is 5.41 Å². The minimum Gasteiger partial charge on any atom is -0.445 e. The molecule has 0 saturated heterocycles. The molecule has 1 aliphatic rings. The van der Waals surface area contributed by atoms with Crippen LogP contribution in [-0.4, -0.2) is 27.0 Å². The van der Waals surface area contributed by atoms with Crippen molar-refractivity contribution in [1.29, 1.82) is 0 Å². The molecular formula is C23H30ClN3O2. The van der Waals surface area contributed by atoms with Gasteiger partial charge in [-0.2, -0.15) is 0 Å². The number of amides is 1. The zero-order valence-electron chi connectivity index (χ0n) is 17.7. The molecule has 1 aromatic heterocycles. The molecule has 2 aromatic rings. The Morgan fingerprint density at radius 2 is 2.00 bits per heavy atom. The number of aryl methyl sites for hydroxylation is 1. The van der Waals surface area contributed by atoms with Crippen molar-refractivity contribution in [2.24, 2.45) is 5.41 Å². The van der Waals surface area contributed by atoms with Gasteiger partial charge in [0.05, 0.1) is 6.54 Å². The fourth-order valence-corrected chi connectivity index (χ4v) is 3.87. The fourth-order valence-electron chi connectivity index (χ4n) is 3.60. The first-order valence-electron chi connectivity index (χ1n) is 10.3. The van der Waals surface area contributed by atoms with Gasteiger partial charge in [-0.15, -0.1) is 0 Å². The van der Waals surface area contributed by atoms with E-state index in [2.05, 4.69) is 18.8 Å². The average molecular weight is 416 g/mol. The molecule has 3 rings (SSSR count). The lowest BCUT2D eigenvalue weighted by Gasteiger charge is -2.32. The molecule has 1 aliphatic carbocycles. The number of fused-ring (bicyclic) bond motifs is 1. The standard InChI is InChI=1S/C23H30ClN3O2/c1-5-16(2)27(22(28)29-15-17-9-7-6-8-10-17)14-20-25-19-11-12-23(3,4)13-18(19)21(24)26-20/h6-10,16H,5,11-15H2,1-4H3. The van der Waals surface area contributed by atoms with Crippen LogP contribution in [-0.2, 0) is 30.7 Å². The molecule has 5 nitrogen and oxygen atoms in total. The van der Waals surface area contributed by atoms with Gasteiger partial charge in [0, 0.05) is 17.3 Å². The van der Waals surface area contributed by atoms with Gasteiger partial charge in [-0.1, -0.05) is 62.7 Å². The average Bonchev–Trinajstić information content (AvgIpc) is 2.70. The number of hydrogen-bond acceptors (Lipinski definition) is 4. The first-order chi connectivity index (χ1) is 13.8. The Morgan fingerprint density at radius 1 is 1.28 bits per heavy atom. The van der Waals surface area contributed by atoms with Crippen LogP contribution in [0.25, 0.3) is 0 Å². The Labute approximate surface area is 178 Å². The van der Waals surface area contributed by atoms with Crippen molar-refractivity contribution in [3.63, 3.8) is 0 Å². The van der Waals surface area contributed by atoms with Crippen molar-refractivity contribution < 1.29 is 9.53 Å². The lowest BCUT2D eigenvalue weighted by atomic mass is 9.76. The molecule has 1 heterocycles. The maximum atomic E-state index is 12.8. The van der Waals surface area contributed by atoms with Crippen LogP contribution in [0.3, 0.4) is 0 Å². The van der Waals surface area contributed by atoms with Crippen molar-refractivity contribution in [2.45, 2.75) is 72.6 Å². The molecule has 1 unspecified atom stereocenters. The van der Waals surface area contributed by atoms with E-state index in [1.807, 2.05) is 44.2 Å². The Balaban J connectivity index is 1.75. The Kier molecular flexibility index (Phi) is 6.78. The van der Waals surface area contributed by atoms with Crippen LogP contribution < -0.4 is 0 Å². The van der Waals surface area contributed by atoms with Crippen LogP contribution in [0.15, 0.2) is 30.3 Å². The lowest BCUT2D eigenvalue weighted by molar-refractivity contribution is 0.0780. The van der Waals surface area contributed by atoms with Gasteiger partial charge in [0.25, 0.3) is 0 Å². The predicted octanol–water partition coefficient (Wildman–Crippen LogP) is 5.58. The lowest BCUT2D eigenvalue weighted by Crippen LogP contribution is -2.39. The smallest absolute Gasteiger partial charge is 0.410 e. The Bertz CT molecular complexity index is 855. The van der Waals surface area contributed by atoms with Gasteiger partial charge in [0.1, 0.15) is 17.6 Å². The third-order valence-corrected chi connectivity index (χ3v) is 5.97. The van der Waals surface area contributed by atoms with Gasteiger partial charge in [-0.25, -0.2) is 14.8 Å². The molecule has 0 bridgehead atoms. The van der Waals surface area contributed by atoms with Crippen LogP contribution in [0.1, 0.15) is 63.2 Å². The summed E-state index contributed by atoms with van der Waals surface area (Å²) in [5.41, 5.74) is 3.24. The number of nitrogens with zero attached hydrogens (tertiary/aromatic N) is 3. The van der Waals surface area contributed by atoms with Crippen molar-refractivity contribution in [3.8, 4) is 0 Å². The molecule has 0 radical (unpaired) electrons. The topological polar surface area (TPSA) is 55.3 Å². The molecule has 0 N–H and O–H groups in total. The van der Waals surface area contributed by atoms with Gasteiger partial charge in [0.15, 0.2) is 0 Å². The number of rotatable bonds is 6. The maximum Gasteiger partial charge on any atom is 0.410 e. The van der Waals surface area contributed by atoms with Crippen LogP contribution >= 0.6 is 11.6 Å². The minimum absolute atomic E-state index is 0.00983. The molecule has 0 saturated carbocycles. The van der Waals surface area contributed by atoms with Crippen molar-refractivity contribution >= 4 is 17.7 Å². The number of carbonyl (C=O) groups excluding carboxylic acids is 1. The van der Waals surface area contributed by atoms with Gasteiger partial charge in [-0.05, 0) is 43.6 Å². The van der Waals surface area contributed by atoms with E-state index in [1.165, 1.54) is 0 Å². The molecule has 0 spiro atoms. The molecule has 0 aliphatic heterocycles. The highest BCUT2D eigenvalue weighted by atomic mass is 35.5. The number of benzene rings is 1. The number of aromatic nitrogens is 2. The zero-order valence-corrected chi connectivity index (χ0v) is 18.5. The molecule has 156 valence electrons. The first-order valence-corrected chi connectivity index (χ1v) is 10.7. The van der Waals surface area contributed by atoms with Crippen LogP contribution in [0.4, 0.5) is 4.79 Å². The van der Waals surface area contributed by atoms with E-state index in [9.17, 15) is 4.79 Å². The monoisotopic (exact) mass is 415 g/mol. The fraction of sp³-hybridized carbons (Fsp3) is 0.522. The normalized spacial score (nSPS) is 16.0. The van der Waals surface area contributed by atoms with Gasteiger partial charge >= 0.3 is 6.09 Å². The van der Waals surface area contributed by atoms with Crippen LogP contribution in [0.5, 0.6) is 0 Å². The summed E-state index contributed by atoms with van der Waals surface area (Å²) in [7, 11) is 0. The van der Waals surface area contributed by atoms with E-state index in [-0.39, 0.29) is 24.2 Å². The van der Waals surface area contributed by atoms with E-state index in [4.69, 9.17) is 21.3 Å². The highest BCUT2D eigenvalue weighted by molar-refractivity contribution is 6.30. The van der Waals surface area contributed by atoms with Crippen LogP contribution in [0.2, 0.25) is 5.15 Å². The molecule has 1 aromatic carbocycles. The number of halogens is 1. The summed E-state index contributed by atoms with van der Waals surface area (Å²) in [6, 6.07) is 9.69. The molecule has 6 heteroatoms. The summed E-state index contributed by atoms with van der Waals surface area (Å²) in [5, 5.41) is 0.513. The van der Waals surface area contributed by atoms with E-state index in [0.717, 1.165) is 42.5 Å².